The minimum absolute atomic E-state index is 0.0775. The zero-order valence-corrected chi connectivity index (χ0v) is 16.7. The lowest BCUT2D eigenvalue weighted by Crippen LogP contribution is -2.58. The van der Waals surface area contributed by atoms with Gasteiger partial charge in [0.25, 0.3) is 0 Å². The number of nitrogens with zero attached hydrogens (tertiary/aromatic N) is 2. The van der Waals surface area contributed by atoms with Gasteiger partial charge < -0.3 is 10.4 Å². The molecule has 28 heavy (non-hydrogen) atoms. The normalized spacial score (nSPS) is 22.0. The average Bonchev–Trinajstić information content (AvgIpc) is 2.73. The van der Waals surface area contributed by atoms with Crippen LogP contribution in [0.2, 0.25) is 0 Å². The maximum atomic E-state index is 13.1. The molecule has 0 spiro atoms. The fraction of sp³-hybridized carbons (Fsp3) is 0.348. The predicted molar refractivity (Wildman–Crippen MR) is 111 cm³/mol. The fourth-order valence-corrected chi connectivity index (χ4v) is 3.77. The SMILES string of the molecule is C[C@H](NC(=O)[C@H]1C=CC[C@@H]([C@@H](O)c2ccccc2)N1N(C)C)c1ccccc1. The minimum Gasteiger partial charge on any atom is -0.387 e. The van der Waals surface area contributed by atoms with Gasteiger partial charge in [0, 0.05) is 14.1 Å². The van der Waals surface area contributed by atoms with E-state index in [2.05, 4.69) is 5.32 Å². The lowest BCUT2D eigenvalue weighted by atomic mass is 9.94. The van der Waals surface area contributed by atoms with Gasteiger partial charge in [-0.3, -0.25) is 4.79 Å². The molecule has 1 aliphatic rings. The number of nitrogens with one attached hydrogen (secondary N) is 1. The molecule has 5 nitrogen and oxygen atoms in total. The molecule has 1 aliphatic heterocycles. The zero-order valence-electron chi connectivity index (χ0n) is 16.7. The Kier molecular flexibility index (Phi) is 6.62. The van der Waals surface area contributed by atoms with Crippen molar-refractivity contribution in [2.45, 2.75) is 37.6 Å². The second kappa shape index (κ2) is 9.15. The van der Waals surface area contributed by atoms with Gasteiger partial charge in [-0.15, -0.1) is 0 Å². The molecule has 0 aromatic heterocycles. The number of amides is 1. The van der Waals surface area contributed by atoms with Crippen LogP contribution in [0.15, 0.2) is 72.8 Å². The maximum Gasteiger partial charge on any atom is 0.243 e. The van der Waals surface area contributed by atoms with E-state index in [0.29, 0.717) is 6.42 Å². The Morgan fingerprint density at radius 3 is 2.21 bits per heavy atom. The van der Waals surface area contributed by atoms with E-state index in [-0.39, 0.29) is 18.0 Å². The first-order valence-corrected chi connectivity index (χ1v) is 9.69. The van der Waals surface area contributed by atoms with Crippen molar-refractivity contribution in [1.82, 2.24) is 15.3 Å². The van der Waals surface area contributed by atoms with E-state index in [4.69, 9.17) is 0 Å². The van der Waals surface area contributed by atoms with Crippen LogP contribution in [0.1, 0.15) is 36.6 Å². The molecular formula is C23H29N3O2. The molecule has 1 heterocycles. The number of rotatable bonds is 6. The molecular weight excluding hydrogens is 350 g/mol. The zero-order chi connectivity index (χ0) is 20.1. The van der Waals surface area contributed by atoms with E-state index < -0.39 is 12.1 Å². The molecule has 1 amide bonds. The van der Waals surface area contributed by atoms with Crippen LogP contribution in [-0.2, 0) is 4.79 Å². The molecule has 0 saturated heterocycles. The van der Waals surface area contributed by atoms with Crippen LogP contribution >= 0.6 is 0 Å². The summed E-state index contributed by atoms with van der Waals surface area (Å²) in [4.78, 5) is 13.1. The molecule has 4 atom stereocenters. The third-order valence-electron chi connectivity index (χ3n) is 5.22. The molecule has 0 bridgehead atoms. The van der Waals surface area contributed by atoms with Gasteiger partial charge in [0.1, 0.15) is 6.04 Å². The number of aliphatic hydroxyl groups is 1. The molecule has 0 unspecified atom stereocenters. The van der Waals surface area contributed by atoms with E-state index in [1.54, 1.807) is 0 Å². The molecule has 0 fully saturated rings. The summed E-state index contributed by atoms with van der Waals surface area (Å²) >= 11 is 0. The molecule has 5 heteroatoms. The van der Waals surface area contributed by atoms with Gasteiger partial charge in [0.05, 0.1) is 18.2 Å². The van der Waals surface area contributed by atoms with Gasteiger partial charge in [-0.25, -0.2) is 10.0 Å². The number of aliphatic hydroxyl groups excluding tert-OH is 1. The largest absolute Gasteiger partial charge is 0.387 e. The first kappa shape index (κ1) is 20.3. The summed E-state index contributed by atoms with van der Waals surface area (Å²) in [5.74, 6) is -0.0775. The maximum absolute atomic E-state index is 13.1. The number of carbonyl (C=O) groups excluding carboxylic acids is 1. The first-order chi connectivity index (χ1) is 13.5. The van der Waals surface area contributed by atoms with E-state index in [1.165, 1.54) is 0 Å². The van der Waals surface area contributed by atoms with Gasteiger partial charge in [-0.1, -0.05) is 72.8 Å². The van der Waals surface area contributed by atoms with Crippen LogP contribution in [0.5, 0.6) is 0 Å². The predicted octanol–water partition coefficient (Wildman–Crippen LogP) is 3.07. The van der Waals surface area contributed by atoms with Crippen LogP contribution in [0, 0.1) is 0 Å². The molecule has 2 N–H and O–H groups in total. The molecule has 3 rings (SSSR count). The van der Waals surface area contributed by atoms with Crippen LogP contribution in [0.3, 0.4) is 0 Å². The van der Waals surface area contributed by atoms with Crippen molar-refractivity contribution in [2.24, 2.45) is 0 Å². The molecule has 2 aromatic carbocycles. The third-order valence-corrected chi connectivity index (χ3v) is 5.22. The highest BCUT2D eigenvalue weighted by Gasteiger charge is 2.38. The summed E-state index contributed by atoms with van der Waals surface area (Å²) < 4.78 is 0. The number of carbonyl (C=O) groups is 1. The molecule has 0 aliphatic carbocycles. The van der Waals surface area contributed by atoms with E-state index in [9.17, 15) is 9.90 Å². The lowest BCUT2D eigenvalue weighted by molar-refractivity contribution is -0.141. The van der Waals surface area contributed by atoms with Crippen molar-refractivity contribution in [2.75, 3.05) is 14.1 Å². The van der Waals surface area contributed by atoms with Gasteiger partial charge in [-0.2, -0.15) is 0 Å². The minimum atomic E-state index is -0.685. The summed E-state index contributed by atoms with van der Waals surface area (Å²) in [6.45, 7) is 1.98. The van der Waals surface area contributed by atoms with Gasteiger partial charge in [0.2, 0.25) is 5.91 Å². The smallest absolute Gasteiger partial charge is 0.243 e. The summed E-state index contributed by atoms with van der Waals surface area (Å²) in [6, 6.07) is 18.7. The highest BCUT2D eigenvalue weighted by atomic mass is 16.3. The van der Waals surface area contributed by atoms with Crippen molar-refractivity contribution >= 4 is 5.91 Å². The van der Waals surface area contributed by atoms with Gasteiger partial charge >= 0.3 is 0 Å². The highest BCUT2D eigenvalue weighted by Crippen LogP contribution is 2.29. The van der Waals surface area contributed by atoms with Crippen molar-refractivity contribution in [1.29, 1.82) is 0 Å². The average molecular weight is 380 g/mol. The van der Waals surface area contributed by atoms with E-state index >= 15 is 0 Å². The first-order valence-electron chi connectivity index (χ1n) is 9.69. The van der Waals surface area contributed by atoms with Crippen molar-refractivity contribution < 1.29 is 9.90 Å². The third kappa shape index (κ3) is 4.50. The Bertz CT molecular complexity index is 792. The molecule has 148 valence electrons. The summed E-state index contributed by atoms with van der Waals surface area (Å²) in [5, 5.41) is 18.0. The van der Waals surface area contributed by atoms with Crippen molar-refractivity contribution in [3.8, 4) is 0 Å². The Labute approximate surface area is 167 Å². The topological polar surface area (TPSA) is 55.8 Å². The Hall–Kier alpha value is -2.47. The number of benzene rings is 2. The number of hydrogen-bond acceptors (Lipinski definition) is 4. The van der Waals surface area contributed by atoms with Crippen LogP contribution < -0.4 is 5.32 Å². The summed E-state index contributed by atoms with van der Waals surface area (Å²) in [6.07, 6.45) is 3.90. The standard InChI is InChI=1S/C23H29N3O2/c1-17(18-11-6-4-7-12-18)24-23(28)21-16-10-15-20(26(21)25(2)3)22(27)19-13-8-5-9-14-19/h4-14,16-17,20-22,27H,15H2,1-3H3,(H,24,28)/t17-,20-,21+,22-/m0/s1. The monoisotopic (exact) mass is 379 g/mol. The molecule has 0 radical (unpaired) electrons. The second-order valence-electron chi connectivity index (χ2n) is 7.40. The lowest BCUT2D eigenvalue weighted by Gasteiger charge is -2.44. The van der Waals surface area contributed by atoms with E-state index in [0.717, 1.165) is 11.1 Å². The summed E-state index contributed by atoms with van der Waals surface area (Å²) in [5.41, 5.74) is 1.92. The Balaban J connectivity index is 1.79. The number of hydrogen-bond donors (Lipinski definition) is 2. The number of hydrazine groups is 1. The quantitative estimate of drug-likeness (QED) is 0.758. The second-order valence-corrected chi connectivity index (χ2v) is 7.40. The van der Waals surface area contributed by atoms with E-state index in [1.807, 2.05) is 104 Å². The fourth-order valence-electron chi connectivity index (χ4n) is 3.77. The van der Waals surface area contributed by atoms with Crippen molar-refractivity contribution in [3.05, 3.63) is 83.9 Å². The van der Waals surface area contributed by atoms with Crippen LogP contribution in [0.25, 0.3) is 0 Å². The molecule has 2 aromatic rings. The van der Waals surface area contributed by atoms with Gasteiger partial charge in [0.15, 0.2) is 0 Å². The van der Waals surface area contributed by atoms with Crippen LogP contribution in [0.4, 0.5) is 0 Å². The van der Waals surface area contributed by atoms with Gasteiger partial charge in [-0.05, 0) is 24.5 Å². The van der Waals surface area contributed by atoms with Crippen molar-refractivity contribution in [3.63, 3.8) is 0 Å². The Morgan fingerprint density at radius 1 is 1.07 bits per heavy atom. The molecule has 0 saturated carbocycles. The Morgan fingerprint density at radius 2 is 1.64 bits per heavy atom. The summed E-state index contributed by atoms with van der Waals surface area (Å²) in [7, 11) is 3.82. The van der Waals surface area contributed by atoms with Crippen LogP contribution in [-0.4, -0.2) is 47.2 Å². The highest BCUT2D eigenvalue weighted by molar-refractivity contribution is 5.84.